The second kappa shape index (κ2) is 4.91. The molecule has 1 saturated carbocycles. The van der Waals surface area contributed by atoms with Gasteiger partial charge in [0.2, 0.25) is 0 Å². The Morgan fingerprint density at radius 2 is 2.09 bits per heavy atom. The molecule has 5 radical (unpaired) electrons. The molecule has 3 heteroatoms. The molecule has 0 aliphatic heterocycles. The maximum absolute atomic E-state index is 8.49. The van der Waals surface area contributed by atoms with Gasteiger partial charge in [0.25, 0.3) is 0 Å². The van der Waals surface area contributed by atoms with Crippen LogP contribution in [-0.4, -0.2) is 38.9 Å². The summed E-state index contributed by atoms with van der Waals surface area (Å²) in [4.78, 5) is 4.10. The van der Waals surface area contributed by atoms with Crippen molar-refractivity contribution >= 4 is 20.6 Å². The van der Waals surface area contributed by atoms with Crippen LogP contribution in [0.3, 0.4) is 0 Å². The van der Waals surface area contributed by atoms with E-state index in [4.69, 9.17) is 5.11 Å². The van der Waals surface area contributed by atoms with Gasteiger partial charge in [-0.15, -0.1) is 0 Å². The van der Waals surface area contributed by atoms with Crippen molar-refractivity contribution in [1.29, 1.82) is 0 Å². The Morgan fingerprint density at radius 3 is 2.64 bits per heavy atom. The summed E-state index contributed by atoms with van der Waals surface area (Å²) in [5.74, 6) is 1.08. The quantitative estimate of drug-likeness (QED) is 0.518. The number of aliphatic hydroxyl groups is 1. The number of aliphatic hydroxyl groups excluding tert-OH is 1. The number of aliphatic imine (C=N–C) groups is 1. The summed E-state index contributed by atoms with van der Waals surface area (Å²) in [5.41, 5.74) is 0. The van der Waals surface area contributed by atoms with Crippen molar-refractivity contribution in [3.05, 3.63) is 31.6 Å². The fourth-order valence-corrected chi connectivity index (χ4v) is 1.24. The SMILES string of the molecule is OCCN=C([Se-])[C]1[CH][CH][CH][CH]1. The molecule has 11 heavy (non-hydrogen) atoms. The standard InChI is InChI=1S/C8H10NOSe/c10-6-5-9-8(11)7-3-1-2-4-7/h1-4,10H,5-6H2,(H,9,11)/p-1. The van der Waals surface area contributed by atoms with E-state index in [0.29, 0.717) is 6.54 Å². The van der Waals surface area contributed by atoms with Crippen molar-refractivity contribution in [1.82, 2.24) is 0 Å². The first-order valence-corrected chi connectivity index (χ1v) is 4.24. The van der Waals surface area contributed by atoms with Crippen LogP contribution in [0.15, 0.2) is 4.99 Å². The third-order valence-corrected chi connectivity index (χ3v) is 2.03. The second-order valence-corrected chi connectivity index (χ2v) is 2.90. The molecule has 1 N–H and O–H groups in total. The number of hydrogen-bond acceptors (Lipinski definition) is 2. The van der Waals surface area contributed by atoms with Crippen LogP contribution in [0.5, 0.6) is 0 Å². The van der Waals surface area contributed by atoms with Gasteiger partial charge in [-0.2, -0.15) is 0 Å². The van der Waals surface area contributed by atoms with Crippen molar-refractivity contribution < 1.29 is 5.11 Å². The molecule has 0 amide bonds. The van der Waals surface area contributed by atoms with E-state index in [2.05, 4.69) is 21.0 Å². The molecule has 0 aromatic rings. The fraction of sp³-hybridized carbons (Fsp3) is 0.250. The van der Waals surface area contributed by atoms with Crippen molar-refractivity contribution in [3.8, 4) is 0 Å². The van der Waals surface area contributed by atoms with Crippen LogP contribution < -0.4 is 0 Å². The first kappa shape index (κ1) is 9.24. The summed E-state index contributed by atoms with van der Waals surface area (Å²) < 4.78 is 0.865. The summed E-state index contributed by atoms with van der Waals surface area (Å²) in [6.45, 7) is 0.569. The van der Waals surface area contributed by atoms with Crippen LogP contribution in [0, 0.1) is 31.6 Å². The molecule has 0 unspecified atom stereocenters. The Bertz CT molecular complexity index is 141. The number of nitrogens with zero attached hydrogens (tertiary/aromatic N) is 1. The van der Waals surface area contributed by atoms with Crippen molar-refractivity contribution in [2.75, 3.05) is 13.2 Å². The van der Waals surface area contributed by atoms with Crippen LogP contribution in [0.4, 0.5) is 0 Å². The zero-order valence-corrected chi connectivity index (χ0v) is 7.74. The first-order chi connectivity index (χ1) is 5.34. The predicted octanol–water partition coefficient (Wildman–Crippen LogP) is -0.0491. The van der Waals surface area contributed by atoms with Gasteiger partial charge in [0, 0.05) is 0 Å². The molecule has 0 heterocycles. The summed E-state index contributed by atoms with van der Waals surface area (Å²) >= 11 is 2.85. The minimum absolute atomic E-state index is 0.103. The monoisotopic (exact) mass is 215 g/mol. The molecule has 1 rings (SSSR count). The Hall–Kier alpha value is 0.149. The molecular weight excluding hydrogens is 205 g/mol. The normalized spacial score (nSPS) is 21.0. The minimum atomic E-state index is 0.103. The maximum atomic E-state index is 8.49. The summed E-state index contributed by atoms with van der Waals surface area (Å²) in [6.07, 6.45) is 7.88. The van der Waals surface area contributed by atoms with E-state index in [0.717, 1.165) is 10.5 Å². The van der Waals surface area contributed by atoms with Crippen LogP contribution >= 0.6 is 0 Å². The summed E-state index contributed by atoms with van der Waals surface area (Å²) in [6, 6.07) is 0. The van der Waals surface area contributed by atoms with Gasteiger partial charge >= 0.3 is 75.5 Å². The van der Waals surface area contributed by atoms with Crippen molar-refractivity contribution in [2.45, 2.75) is 0 Å². The summed E-state index contributed by atoms with van der Waals surface area (Å²) in [7, 11) is 0. The Morgan fingerprint density at radius 1 is 1.45 bits per heavy atom. The molecule has 0 spiro atoms. The van der Waals surface area contributed by atoms with Gasteiger partial charge in [-0.05, 0) is 0 Å². The molecule has 1 fully saturated rings. The van der Waals surface area contributed by atoms with E-state index < -0.39 is 0 Å². The molecule has 0 bridgehead atoms. The topological polar surface area (TPSA) is 32.6 Å². The molecule has 1 aliphatic carbocycles. The van der Waals surface area contributed by atoms with E-state index in [1.807, 2.05) is 25.7 Å². The second-order valence-electron chi connectivity index (χ2n) is 2.08. The number of rotatable bonds is 3. The van der Waals surface area contributed by atoms with Gasteiger partial charge < -0.3 is 0 Å². The molecule has 1 aliphatic rings. The molecule has 0 aromatic carbocycles. The van der Waals surface area contributed by atoms with Crippen molar-refractivity contribution in [3.63, 3.8) is 0 Å². The average Bonchev–Trinajstić information content (AvgIpc) is 2.52. The van der Waals surface area contributed by atoms with E-state index in [1.165, 1.54) is 0 Å². The van der Waals surface area contributed by atoms with Crippen LogP contribution in [0.1, 0.15) is 0 Å². The van der Waals surface area contributed by atoms with E-state index in [-0.39, 0.29) is 6.61 Å². The van der Waals surface area contributed by atoms with Gasteiger partial charge in [0.05, 0.1) is 0 Å². The van der Waals surface area contributed by atoms with E-state index in [1.54, 1.807) is 0 Å². The zero-order valence-electron chi connectivity index (χ0n) is 6.03. The summed E-state index contributed by atoms with van der Waals surface area (Å²) in [5, 5.41) is 8.49. The Balaban J connectivity index is 2.32. The van der Waals surface area contributed by atoms with Gasteiger partial charge in [0.15, 0.2) is 0 Å². The molecule has 2 nitrogen and oxygen atoms in total. The Kier molecular flexibility index (Phi) is 4.13. The molecule has 0 saturated heterocycles. The third kappa shape index (κ3) is 2.94. The third-order valence-electron chi connectivity index (χ3n) is 1.27. The molecule has 59 valence electrons. The molecule has 0 aromatic heterocycles. The predicted molar refractivity (Wildman–Crippen MR) is 45.6 cm³/mol. The van der Waals surface area contributed by atoms with Crippen LogP contribution in [0.25, 0.3) is 0 Å². The molecular formula is C8H9NOSe-. The average molecular weight is 214 g/mol. The molecule has 0 atom stereocenters. The van der Waals surface area contributed by atoms with E-state index in [9.17, 15) is 0 Å². The first-order valence-electron chi connectivity index (χ1n) is 3.39. The van der Waals surface area contributed by atoms with Crippen LogP contribution in [0.2, 0.25) is 0 Å². The van der Waals surface area contributed by atoms with Crippen LogP contribution in [-0.2, 0) is 0 Å². The fourth-order valence-electron chi connectivity index (χ4n) is 0.759. The van der Waals surface area contributed by atoms with Gasteiger partial charge in [-0.25, -0.2) is 0 Å². The zero-order chi connectivity index (χ0) is 8.10. The number of hydrogen-bond donors (Lipinski definition) is 1. The van der Waals surface area contributed by atoms with E-state index >= 15 is 0 Å². The van der Waals surface area contributed by atoms with Gasteiger partial charge in [-0.3, -0.25) is 0 Å². The Labute approximate surface area is 75.9 Å². The van der Waals surface area contributed by atoms with Crippen molar-refractivity contribution in [2.24, 2.45) is 4.99 Å². The van der Waals surface area contributed by atoms with Gasteiger partial charge in [-0.1, -0.05) is 0 Å². The van der Waals surface area contributed by atoms with Gasteiger partial charge in [0.1, 0.15) is 0 Å².